The van der Waals surface area contributed by atoms with Crippen LogP contribution < -0.4 is 15.5 Å². The van der Waals surface area contributed by atoms with Gasteiger partial charge in [-0.1, -0.05) is 30.3 Å². The SMILES string of the molecule is OCC(O)C[C@H]1C=C(c2ccc(C3=CC(COc4ccon4)ON3)cc2)CCN1. The summed E-state index contributed by atoms with van der Waals surface area (Å²) in [5.74, 6) is 0.430. The van der Waals surface area contributed by atoms with Crippen molar-refractivity contribution in [1.29, 1.82) is 0 Å². The van der Waals surface area contributed by atoms with Gasteiger partial charge in [0.2, 0.25) is 0 Å². The minimum atomic E-state index is -0.702. The van der Waals surface area contributed by atoms with Crippen LogP contribution in [0.15, 0.2) is 53.3 Å². The monoisotopic (exact) mass is 399 g/mol. The largest absolute Gasteiger partial charge is 0.472 e. The van der Waals surface area contributed by atoms with Gasteiger partial charge >= 0.3 is 0 Å². The van der Waals surface area contributed by atoms with E-state index >= 15 is 0 Å². The van der Waals surface area contributed by atoms with Crippen molar-refractivity contribution < 1.29 is 24.3 Å². The first kappa shape index (κ1) is 19.7. The number of benzene rings is 1. The van der Waals surface area contributed by atoms with E-state index in [4.69, 9.17) is 19.2 Å². The fourth-order valence-corrected chi connectivity index (χ4v) is 3.47. The molecule has 0 bridgehead atoms. The van der Waals surface area contributed by atoms with E-state index < -0.39 is 6.10 Å². The van der Waals surface area contributed by atoms with E-state index in [1.165, 1.54) is 11.8 Å². The lowest BCUT2D eigenvalue weighted by Crippen LogP contribution is -2.35. The van der Waals surface area contributed by atoms with E-state index in [9.17, 15) is 5.11 Å². The summed E-state index contributed by atoms with van der Waals surface area (Å²) in [7, 11) is 0. The highest BCUT2D eigenvalue weighted by molar-refractivity contribution is 5.71. The number of aromatic nitrogens is 1. The van der Waals surface area contributed by atoms with Gasteiger partial charge in [0.1, 0.15) is 19.0 Å². The van der Waals surface area contributed by atoms with Gasteiger partial charge in [0.15, 0.2) is 0 Å². The van der Waals surface area contributed by atoms with Crippen molar-refractivity contribution >= 4 is 11.3 Å². The molecule has 154 valence electrons. The lowest BCUT2D eigenvalue weighted by Gasteiger charge is -2.24. The molecule has 0 amide bonds. The molecule has 8 nitrogen and oxygen atoms in total. The van der Waals surface area contributed by atoms with Crippen LogP contribution in [-0.2, 0) is 4.84 Å². The van der Waals surface area contributed by atoms with Gasteiger partial charge < -0.3 is 24.8 Å². The van der Waals surface area contributed by atoms with Crippen LogP contribution in [0.2, 0.25) is 0 Å². The third-order valence-electron chi connectivity index (χ3n) is 4.99. The van der Waals surface area contributed by atoms with Crippen LogP contribution in [0.1, 0.15) is 24.0 Å². The topological polar surface area (TPSA) is 109 Å². The molecular formula is C21H25N3O5. The Morgan fingerprint density at radius 3 is 2.76 bits per heavy atom. The standard InChI is InChI=1S/C21H25N3O5/c25-12-18(26)10-17-9-16(5-7-22-17)14-1-3-15(4-2-14)20-11-19(29-23-20)13-27-21-6-8-28-24-21/h1-4,6,8-9,11,17-19,22-23,25-26H,5,7,10,12-13H2/t17-,18?,19?/m1/s1. The minimum Gasteiger partial charge on any atom is -0.472 e. The summed E-state index contributed by atoms with van der Waals surface area (Å²) in [5.41, 5.74) is 7.27. The maximum atomic E-state index is 9.68. The van der Waals surface area contributed by atoms with E-state index in [0.717, 1.165) is 29.8 Å². The summed E-state index contributed by atoms with van der Waals surface area (Å²) in [5, 5.41) is 25.8. The Morgan fingerprint density at radius 2 is 2.00 bits per heavy atom. The highest BCUT2D eigenvalue weighted by Crippen LogP contribution is 2.26. The molecule has 0 radical (unpaired) electrons. The second-order valence-electron chi connectivity index (χ2n) is 7.14. The highest BCUT2D eigenvalue weighted by atomic mass is 16.7. The molecule has 1 aromatic heterocycles. The van der Waals surface area contributed by atoms with Crippen molar-refractivity contribution in [2.75, 3.05) is 19.8 Å². The van der Waals surface area contributed by atoms with Gasteiger partial charge in [0.25, 0.3) is 5.88 Å². The number of ether oxygens (including phenoxy) is 1. The number of rotatable bonds is 8. The Kier molecular flexibility index (Phi) is 6.26. The summed E-state index contributed by atoms with van der Waals surface area (Å²) in [6, 6.07) is 10.0. The molecule has 0 fully saturated rings. The van der Waals surface area contributed by atoms with Gasteiger partial charge in [0, 0.05) is 12.1 Å². The van der Waals surface area contributed by atoms with Crippen LogP contribution in [0.25, 0.3) is 11.3 Å². The maximum absolute atomic E-state index is 9.68. The summed E-state index contributed by atoms with van der Waals surface area (Å²) in [6.45, 7) is 0.969. The molecule has 0 saturated heterocycles. The summed E-state index contributed by atoms with van der Waals surface area (Å²) in [4.78, 5) is 5.54. The zero-order valence-corrected chi connectivity index (χ0v) is 16.0. The summed E-state index contributed by atoms with van der Waals surface area (Å²) < 4.78 is 10.2. The molecule has 2 aromatic rings. The molecule has 3 heterocycles. The number of hydroxylamine groups is 1. The average molecular weight is 399 g/mol. The van der Waals surface area contributed by atoms with Crippen molar-refractivity contribution in [3.8, 4) is 5.88 Å². The van der Waals surface area contributed by atoms with Crippen LogP contribution in [-0.4, -0.2) is 53.4 Å². The molecule has 1 aromatic carbocycles. The number of hydrogen-bond acceptors (Lipinski definition) is 8. The normalized spacial score (nSPS) is 22.6. The molecule has 8 heteroatoms. The molecule has 0 saturated carbocycles. The molecular weight excluding hydrogens is 374 g/mol. The van der Waals surface area contributed by atoms with Crippen molar-refractivity contribution in [1.82, 2.24) is 16.0 Å². The Hall–Kier alpha value is -2.65. The molecule has 29 heavy (non-hydrogen) atoms. The van der Waals surface area contributed by atoms with E-state index in [-0.39, 0.29) is 18.8 Å². The van der Waals surface area contributed by atoms with Gasteiger partial charge in [-0.2, -0.15) is 0 Å². The van der Waals surface area contributed by atoms with E-state index in [1.54, 1.807) is 6.07 Å². The number of aliphatic hydroxyl groups excluding tert-OH is 2. The Bertz CT molecular complexity index is 848. The van der Waals surface area contributed by atoms with Crippen LogP contribution in [0.5, 0.6) is 5.88 Å². The second kappa shape index (κ2) is 9.23. The first-order valence-electron chi connectivity index (χ1n) is 9.72. The van der Waals surface area contributed by atoms with Crippen LogP contribution in [0.4, 0.5) is 0 Å². The fourth-order valence-electron chi connectivity index (χ4n) is 3.47. The van der Waals surface area contributed by atoms with Crippen molar-refractivity contribution in [3.63, 3.8) is 0 Å². The van der Waals surface area contributed by atoms with E-state index in [0.29, 0.717) is 18.9 Å². The fraction of sp³-hybridized carbons (Fsp3) is 0.381. The van der Waals surface area contributed by atoms with Crippen LogP contribution in [0, 0.1) is 0 Å². The molecule has 2 aliphatic rings. The van der Waals surface area contributed by atoms with Gasteiger partial charge in [-0.05, 0) is 47.3 Å². The number of aliphatic hydroxyl groups is 2. The van der Waals surface area contributed by atoms with E-state index in [1.807, 2.05) is 6.08 Å². The predicted octanol–water partition coefficient (Wildman–Crippen LogP) is 1.49. The third-order valence-corrected chi connectivity index (χ3v) is 4.99. The van der Waals surface area contributed by atoms with Gasteiger partial charge in [-0.3, -0.25) is 10.3 Å². The lowest BCUT2D eigenvalue weighted by atomic mass is 9.94. The molecule has 4 rings (SSSR count). The number of nitrogens with one attached hydrogen (secondary N) is 2. The van der Waals surface area contributed by atoms with Crippen LogP contribution >= 0.6 is 0 Å². The zero-order valence-electron chi connectivity index (χ0n) is 16.0. The van der Waals surface area contributed by atoms with Crippen molar-refractivity contribution in [2.24, 2.45) is 0 Å². The van der Waals surface area contributed by atoms with Crippen molar-refractivity contribution in [3.05, 3.63) is 59.9 Å². The van der Waals surface area contributed by atoms with Gasteiger partial charge in [-0.15, -0.1) is 0 Å². The van der Waals surface area contributed by atoms with Gasteiger partial charge in [0.05, 0.1) is 18.4 Å². The highest BCUT2D eigenvalue weighted by Gasteiger charge is 2.20. The third kappa shape index (κ3) is 5.04. The molecule has 2 unspecified atom stereocenters. The minimum absolute atomic E-state index is 0.0682. The Morgan fingerprint density at radius 1 is 1.17 bits per heavy atom. The molecule has 4 N–H and O–H groups in total. The van der Waals surface area contributed by atoms with Crippen LogP contribution in [0.3, 0.4) is 0 Å². The molecule has 2 aliphatic heterocycles. The predicted molar refractivity (Wildman–Crippen MR) is 107 cm³/mol. The lowest BCUT2D eigenvalue weighted by molar-refractivity contribution is 0.0219. The summed E-state index contributed by atoms with van der Waals surface area (Å²) >= 11 is 0. The smallest absolute Gasteiger partial charge is 0.254 e. The van der Waals surface area contributed by atoms with E-state index in [2.05, 4.69) is 46.3 Å². The Labute approximate surface area is 168 Å². The maximum Gasteiger partial charge on any atom is 0.254 e. The van der Waals surface area contributed by atoms with Crippen molar-refractivity contribution in [2.45, 2.75) is 31.1 Å². The first-order chi connectivity index (χ1) is 14.2. The number of hydrogen-bond donors (Lipinski definition) is 4. The Balaban J connectivity index is 1.38. The molecule has 3 atom stereocenters. The van der Waals surface area contributed by atoms with Gasteiger partial charge in [-0.25, -0.2) is 0 Å². The summed E-state index contributed by atoms with van der Waals surface area (Å²) in [6.07, 6.45) is 6.09. The molecule has 0 spiro atoms. The zero-order chi connectivity index (χ0) is 20.1. The molecule has 0 aliphatic carbocycles. The second-order valence-corrected chi connectivity index (χ2v) is 7.14. The first-order valence-corrected chi connectivity index (χ1v) is 9.72. The average Bonchev–Trinajstić information content (AvgIpc) is 3.44. The quantitative estimate of drug-likeness (QED) is 0.529. The number of nitrogens with zero attached hydrogens (tertiary/aromatic N) is 1.